The van der Waals surface area contributed by atoms with E-state index in [1.807, 2.05) is 0 Å². The van der Waals surface area contributed by atoms with Crippen LogP contribution in [0.15, 0.2) is 17.3 Å². The molecule has 1 aliphatic heterocycles. The maximum Gasteiger partial charge on any atom is 0.246 e. The van der Waals surface area contributed by atoms with Crippen molar-refractivity contribution in [3.8, 4) is 0 Å². The number of aromatic nitrogens is 2. The summed E-state index contributed by atoms with van der Waals surface area (Å²) in [6.45, 7) is 4.99. The lowest BCUT2D eigenvalue weighted by atomic mass is 9.80. The Balaban J connectivity index is 1.77. The van der Waals surface area contributed by atoms with Crippen molar-refractivity contribution in [2.75, 3.05) is 19.4 Å². The molecule has 2 aliphatic rings. The predicted molar refractivity (Wildman–Crippen MR) is 118 cm³/mol. The van der Waals surface area contributed by atoms with Crippen LogP contribution in [0.3, 0.4) is 0 Å². The first-order valence-electron chi connectivity index (χ1n) is 11.1. The summed E-state index contributed by atoms with van der Waals surface area (Å²) in [4.78, 5) is 0.109. The Kier molecular flexibility index (Phi) is 7.83. The summed E-state index contributed by atoms with van der Waals surface area (Å²) in [6, 6.07) is -1.13. The van der Waals surface area contributed by atoms with Gasteiger partial charge < -0.3 is 4.74 Å². The number of sulfonamides is 2. The van der Waals surface area contributed by atoms with E-state index >= 15 is 0 Å². The number of hydrogen-bond acceptors (Lipinski definition) is 6. The summed E-state index contributed by atoms with van der Waals surface area (Å²) in [6.07, 6.45) is 9.24. The molecule has 0 amide bonds. The van der Waals surface area contributed by atoms with E-state index in [1.165, 1.54) is 21.4 Å². The first kappa shape index (κ1) is 24.6. The van der Waals surface area contributed by atoms with Gasteiger partial charge in [-0.2, -0.15) is 9.40 Å². The molecule has 2 fully saturated rings. The second kappa shape index (κ2) is 9.86. The number of piperidine rings is 1. The van der Waals surface area contributed by atoms with Crippen LogP contribution < -0.4 is 4.72 Å². The van der Waals surface area contributed by atoms with Gasteiger partial charge in [0.1, 0.15) is 4.90 Å². The van der Waals surface area contributed by atoms with Gasteiger partial charge >= 0.3 is 0 Å². The number of nitrogens with zero attached hydrogens (tertiary/aromatic N) is 3. The van der Waals surface area contributed by atoms with Gasteiger partial charge in [-0.1, -0.05) is 13.8 Å². The van der Waals surface area contributed by atoms with Gasteiger partial charge in [-0.3, -0.25) is 4.68 Å². The molecule has 11 heteroatoms. The van der Waals surface area contributed by atoms with Crippen molar-refractivity contribution in [3.05, 3.63) is 12.4 Å². The summed E-state index contributed by atoms with van der Waals surface area (Å²) in [5.41, 5.74) is 0. The fourth-order valence-electron chi connectivity index (χ4n) is 4.76. The molecule has 1 aromatic heterocycles. The van der Waals surface area contributed by atoms with E-state index in [0.717, 1.165) is 31.9 Å². The quantitative estimate of drug-likeness (QED) is 0.612. The molecule has 9 nitrogen and oxygen atoms in total. The first-order chi connectivity index (χ1) is 14.5. The second-order valence-electron chi connectivity index (χ2n) is 9.29. The minimum absolute atomic E-state index is 0.0822. The van der Waals surface area contributed by atoms with Crippen molar-refractivity contribution in [1.82, 2.24) is 18.8 Å². The Hall–Kier alpha value is -1.01. The highest BCUT2D eigenvalue weighted by atomic mass is 32.2. The van der Waals surface area contributed by atoms with Gasteiger partial charge in [0.15, 0.2) is 0 Å². The largest absolute Gasteiger partial charge is 0.376 e. The number of hydrogen-bond donors (Lipinski definition) is 1. The maximum atomic E-state index is 13.3. The standard InChI is InChI=1S/C20H36N4O5S2/c1-15(2)16-7-9-17(10-8-16)29-14-20-19(22-30(4,25)26)6-5-11-24(20)31(27,28)18-12-21-23(3)13-18/h12-13,15-17,19-20,22H,5-11,14H2,1-4H3/t16-,17+,19-,20-/m0/s1. The van der Waals surface area contributed by atoms with Crippen LogP contribution in [-0.2, 0) is 31.8 Å². The molecule has 2 atom stereocenters. The van der Waals surface area contributed by atoms with Gasteiger partial charge in [-0.25, -0.2) is 21.6 Å². The zero-order chi connectivity index (χ0) is 22.8. The molecule has 1 saturated carbocycles. The minimum atomic E-state index is -3.82. The van der Waals surface area contributed by atoms with E-state index in [9.17, 15) is 16.8 Å². The fraction of sp³-hybridized carbons (Fsp3) is 0.850. The highest BCUT2D eigenvalue weighted by molar-refractivity contribution is 7.89. The van der Waals surface area contributed by atoms with Gasteiger partial charge in [0, 0.05) is 25.8 Å². The number of rotatable bonds is 8. The molecule has 1 N–H and O–H groups in total. The lowest BCUT2D eigenvalue weighted by Gasteiger charge is -2.41. The molecule has 1 aromatic rings. The molecule has 2 heterocycles. The third-order valence-corrected chi connectivity index (χ3v) is 9.15. The monoisotopic (exact) mass is 476 g/mol. The summed E-state index contributed by atoms with van der Waals surface area (Å²) >= 11 is 0. The van der Waals surface area contributed by atoms with Crippen LogP contribution in [0.25, 0.3) is 0 Å². The van der Waals surface area contributed by atoms with Gasteiger partial charge in [0.05, 0.1) is 31.2 Å². The molecule has 1 saturated heterocycles. The smallest absolute Gasteiger partial charge is 0.246 e. The Morgan fingerprint density at radius 2 is 1.84 bits per heavy atom. The highest BCUT2D eigenvalue weighted by Gasteiger charge is 2.41. The summed E-state index contributed by atoms with van der Waals surface area (Å²) in [5.74, 6) is 1.36. The van der Waals surface area contributed by atoms with Crippen LogP contribution in [0.5, 0.6) is 0 Å². The van der Waals surface area contributed by atoms with Gasteiger partial charge in [-0.05, 0) is 50.4 Å². The third kappa shape index (κ3) is 6.28. The minimum Gasteiger partial charge on any atom is -0.376 e. The van der Waals surface area contributed by atoms with Crippen LogP contribution >= 0.6 is 0 Å². The maximum absolute atomic E-state index is 13.3. The average Bonchev–Trinajstić information content (AvgIpc) is 3.13. The summed E-state index contributed by atoms with van der Waals surface area (Å²) in [7, 11) is -5.64. The fourth-order valence-corrected chi connectivity index (χ4v) is 7.26. The van der Waals surface area contributed by atoms with Crippen LogP contribution in [0.2, 0.25) is 0 Å². The summed E-state index contributed by atoms with van der Waals surface area (Å²) in [5, 5.41) is 3.99. The van der Waals surface area contributed by atoms with Crippen molar-refractivity contribution < 1.29 is 21.6 Å². The normalized spacial score (nSPS) is 28.8. The van der Waals surface area contributed by atoms with Gasteiger partial charge in [0.25, 0.3) is 0 Å². The number of aryl methyl sites for hydroxylation is 1. The Morgan fingerprint density at radius 1 is 1.16 bits per heavy atom. The Morgan fingerprint density at radius 3 is 2.39 bits per heavy atom. The first-order valence-corrected chi connectivity index (χ1v) is 14.4. The van der Waals surface area contributed by atoms with Crippen molar-refractivity contribution in [2.45, 2.75) is 75.5 Å². The van der Waals surface area contributed by atoms with Crippen LogP contribution in [-0.4, -0.2) is 68.5 Å². The predicted octanol–water partition coefficient (Wildman–Crippen LogP) is 1.72. The Bertz CT molecular complexity index is 937. The number of ether oxygens (including phenoxy) is 1. The van der Waals surface area contributed by atoms with Crippen LogP contribution in [0.1, 0.15) is 52.4 Å². The van der Waals surface area contributed by atoms with Gasteiger partial charge in [-0.15, -0.1) is 0 Å². The third-order valence-electron chi connectivity index (χ3n) is 6.55. The number of nitrogens with one attached hydrogen (secondary N) is 1. The highest BCUT2D eigenvalue weighted by Crippen LogP contribution is 2.32. The molecule has 3 rings (SSSR count). The van der Waals surface area contributed by atoms with E-state index in [0.29, 0.717) is 31.2 Å². The second-order valence-corrected chi connectivity index (χ2v) is 13.0. The van der Waals surface area contributed by atoms with Crippen LogP contribution in [0.4, 0.5) is 0 Å². The molecule has 0 bridgehead atoms. The summed E-state index contributed by atoms with van der Waals surface area (Å²) < 4.78 is 62.2. The SMILES string of the molecule is CC(C)[C@H]1CC[C@@H](OC[C@H]2[C@@H](NS(C)(=O)=O)CCCN2S(=O)(=O)c2cnn(C)c2)CC1. The molecule has 178 valence electrons. The lowest BCUT2D eigenvalue weighted by Crippen LogP contribution is -2.58. The molecular formula is C20H36N4O5S2. The zero-order valence-electron chi connectivity index (χ0n) is 18.9. The molecule has 0 aromatic carbocycles. The van der Waals surface area contributed by atoms with Crippen molar-refractivity contribution in [2.24, 2.45) is 18.9 Å². The van der Waals surface area contributed by atoms with Crippen LogP contribution in [0, 0.1) is 11.8 Å². The van der Waals surface area contributed by atoms with E-state index in [4.69, 9.17) is 4.74 Å². The van der Waals surface area contributed by atoms with Crippen molar-refractivity contribution in [3.63, 3.8) is 0 Å². The van der Waals surface area contributed by atoms with Crippen molar-refractivity contribution in [1.29, 1.82) is 0 Å². The van der Waals surface area contributed by atoms with E-state index in [1.54, 1.807) is 7.05 Å². The average molecular weight is 477 g/mol. The topological polar surface area (TPSA) is 111 Å². The van der Waals surface area contributed by atoms with E-state index in [2.05, 4.69) is 23.7 Å². The molecule has 0 spiro atoms. The lowest BCUT2D eigenvalue weighted by molar-refractivity contribution is -0.0173. The molecule has 1 aliphatic carbocycles. The molecular weight excluding hydrogens is 440 g/mol. The van der Waals surface area contributed by atoms with E-state index in [-0.39, 0.29) is 17.6 Å². The van der Waals surface area contributed by atoms with E-state index < -0.39 is 32.1 Å². The van der Waals surface area contributed by atoms with Gasteiger partial charge in [0.2, 0.25) is 20.0 Å². The Labute approximate surface area is 186 Å². The molecule has 31 heavy (non-hydrogen) atoms. The molecule has 0 unspecified atom stereocenters. The van der Waals surface area contributed by atoms with Crippen molar-refractivity contribution >= 4 is 20.0 Å². The molecule has 0 radical (unpaired) electrons. The zero-order valence-corrected chi connectivity index (χ0v) is 20.5.